The molecule has 2 amide bonds. The van der Waals surface area contributed by atoms with Crippen LogP contribution >= 0.6 is 0 Å². The van der Waals surface area contributed by atoms with Crippen molar-refractivity contribution in [3.8, 4) is 0 Å². The van der Waals surface area contributed by atoms with Gasteiger partial charge in [0.15, 0.2) is 6.54 Å². The Morgan fingerprint density at radius 1 is 1.15 bits per heavy atom. The summed E-state index contributed by atoms with van der Waals surface area (Å²) in [5, 5.41) is 7.61. The summed E-state index contributed by atoms with van der Waals surface area (Å²) in [6, 6.07) is 13.5. The van der Waals surface area contributed by atoms with E-state index in [1.54, 1.807) is 36.4 Å². The zero-order chi connectivity index (χ0) is 18.5. The molecule has 1 atom stereocenters. The van der Waals surface area contributed by atoms with Gasteiger partial charge < -0.3 is 16.0 Å². The molecule has 0 aliphatic heterocycles. The summed E-state index contributed by atoms with van der Waals surface area (Å²) in [6.07, 6.45) is 2.02. The van der Waals surface area contributed by atoms with Crippen LogP contribution < -0.4 is 16.0 Å². The summed E-state index contributed by atoms with van der Waals surface area (Å²) < 4.78 is 13.0. The van der Waals surface area contributed by atoms with Crippen molar-refractivity contribution in [2.45, 2.75) is 31.8 Å². The van der Waals surface area contributed by atoms with E-state index in [0.29, 0.717) is 11.3 Å². The van der Waals surface area contributed by atoms with E-state index < -0.39 is 0 Å². The predicted octanol–water partition coefficient (Wildman–Crippen LogP) is 1.98. The highest BCUT2D eigenvalue weighted by Crippen LogP contribution is 2.21. The van der Waals surface area contributed by atoms with Crippen LogP contribution in [0.1, 0.15) is 41.7 Å². The van der Waals surface area contributed by atoms with Gasteiger partial charge in [0.05, 0.1) is 11.3 Å². The first kappa shape index (κ1) is 18.1. The molecule has 1 fully saturated rings. The highest BCUT2D eigenvalue weighted by Gasteiger charge is 2.25. The molecular weight excluding hydrogens is 333 g/mol. The van der Waals surface area contributed by atoms with Crippen LogP contribution in [0.4, 0.5) is 10.1 Å². The minimum absolute atomic E-state index is 0.0229. The number of hydrogen-bond donors (Lipinski definition) is 3. The molecule has 26 heavy (non-hydrogen) atoms. The number of carbonyl (C=O) groups excluding carboxylic acids is 2. The number of carbonyl (C=O) groups is 2. The summed E-state index contributed by atoms with van der Waals surface area (Å²) in [5.74, 6) is -0.627. The summed E-state index contributed by atoms with van der Waals surface area (Å²) in [5.41, 5.74) is 1.93. The highest BCUT2D eigenvalue weighted by atomic mass is 19.1. The topological polar surface area (TPSA) is 74.8 Å². The van der Waals surface area contributed by atoms with Crippen molar-refractivity contribution in [1.82, 2.24) is 5.32 Å². The number of hydrogen-bond acceptors (Lipinski definition) is 2. The monoisotopic (exact) mass is 356 g/mol. The molecule has 4 N–H and O–H groups in total. The van der Waals surface area contributed by atoms with Crippen LogP contribution in [0.5, 0.6) is 0 Å². The molecule has 0 radical (unpaired) electrons. The molecule has 0 saturated heterocycles. The number of nitrogens with two attached hydrogens (primary N) is 1. The van der Waals surface area contributed by atoms with E-state index in [1.165, 1.54) is 12.1 Å². The van der Waals surface area contributed by atoms with Gasteiger partial charge in [-0.15, -0.1) is 0 Å². The van der Waals surface area contributed by atoms with E-state index in [0.717, 1.165) is 18.4 Å². The Labute approximate surface area is 152 Å². The Kier molecular flexibility index (Phi) is 5.63. The third kappa shape index (κ3) is 4.89. The van der Waals surface area contributed by atoms with Gasteiger partial charge in [0.25, 0.3) is 11.8 Å². The van der Waals surface area contributed by atoms with Crippen LogP contribution in [0.3, 0.4) is 0 Å². The fraction of sp³-hybridized carbons (Fsp3) is 0.300. The summed E-state index contributed by atoms with van der Waals surface area (Å²) >= 11 is 0. The quantitative estimate of drug-likeness (QED) is 0.710. The van der Waals surface area contributed by atoms with E-state index in [-0.39, 0.29) is 36.3 Å². The van der Waals surface area contributed by atoms with Crippen molar-refractivity contribution in [1.29, 1.82) is 0 Å². The van der Waals surface area contributed by atoms with Crippen LogP contribution in [-0.2, 0) is 4.79 Å². The molecule has 2 aromatic carbocycles. The van der Waals surface area contributed by atoms with Gasteiger partial charge in [-0.2, -0.15) is 0 Å². The van der Waals surface area contributed by atoms with E-state index in [1.807, 2.05) is 12.2 Å². The summed E-state index contributed by atoms with van der Waals surface area (Å²) in [6.45, 7) is 2.16. The lowest BCUT2D eigenvalue weighted by molar-refractivity contribution is -0.682. The minimum atomic E-state index is -0.278. The largest absolute Gasteiger partial charge is 0.349 e. The first-order chi connectivity index (χ1) is 12.5. The summed E-state index contributed by atoms with van der Waals surface area (Å²) in [7, 11) is 0. The fourth-order valence-corrected chi connectivity index (χ4v) is 2.67. The zero-order valence-electron chi connectivity index (χ0n) is 14.7. The van der Waals surface area contributed by atoms with Crippen LogP contribution in [-0.4, -0.2) is 24.4 Å². The number of halogens is 1. The Balaban J connectivity index is 1.56. The lowest BCUT2D eigenvalue weighted by atomic mass is 10.1. The molecular formula is C20H23FN3O2+. The van der Waals surface area contributed by atoms with Crippen LogP contribution in [0, 0.1) is 5.82 Å². The Morgan fingerprint density at radius 2 is 1.85 bits per heavy atom. The fourth-order valence-electron chi connectivity index (χ4n) is 2.67. The van der Waals surface area contributed by atoms with Crippen molar-refractivity contribution < 1.29 is 19.3 Å². The number of benzene rings is 2. The van der Waals surface area contributed by atoms with Gasteiger partial charge in [0, 0.05) is 11.6 Å². The third-order valence-corrected chi connectivity index (χ3v) is 4.41. The molecule has 2 aromatic rings. The van der Waals surface area contributed by atoms with Crippen molar-refractivity contribution in [2.24, 2.45) is 0 Å². The number of quaternary nitrogens is 1. The maximum atomic E-state index is 13.0. The van der Waals surface area contributed by atoms with E-state index >= 15 is 0 Å². The molecule has 0 heterocycles. The van der Waals surface area contributed by atoms with Crippen molar-refractivity contribution in [2.75, 3.05) is 11.9 Å². The van der Waals surface area contributed by atoms with Crippen molar-refractivity contribution in [3.63, 3.8) is 0 Å². The van der Waals surface area contributed by atoms with Gasteiger partial charge in [0.2, 0.25) is 0 Å². The van der Waals surface area contributed by atoms with E-state index in [4.69, 9.17) is 0 Å². The average molecular weight is 356 g/mol. The van der Waals surface area contributed by atoms with Crippen LogP contribution in [0.2, 0.25) is 0 Å². The second-order valence-corrected chi connectivity index (χ2v) is 6.62. The van der Waals surface area contributed by atoms with Crippen molar-refractivity contribution in [3.05, 3.63) is 65.5 Å². The summed E-state index contributed by atoms with van der Waals surface area (Å²) in [4.78, 5) is 24.6. The Morgan fingerprint density at radius 3 is 2.54 bits per heavy atom. The number of nitrogens with one attached hydrogen (secondary N) is 2. The zero-order valence-corrected chi connectivity index (χ0v) is 14.7. The van der Waals surface area contributed by atoms with Gasteiger partial charge >= 0.3 is 0 Å². The first-order valence-corrected chi connectivity index (χ1v) is 8.81. The molecule has 0 bridgehead atoms. The molecule has 0 unspecified atom stereocenters. The molecule has 0 spiro atoms. The molecule has 1 aliphatic rings. The number of rotatable bonds is 7. The lowest BCUT2D eigenvalue weighted by Gasteiger charge is -2.13. The standard InChI is InChI=1S/C20H22FN3O2/c1-13(14-6-8-15(21)9-7-14)22-12-19(25)24-18-5-3-2-4-17(18)20(26)23-16-10-11-16/h2-9,13,16,22H,10-12H2,1H3,(H,23,26)(H,24,25)/p+1/t13-/m1/s1. The molecule has 3 rings (SSSR count). The van der Waals surface area contributed by atoms with E-state index in [9.17, 15) is 14.0 Å². The maximum absolute atomic E-state index is 13.0. The minimum Gasteiger partial charge on any atom is -0.349 e. The van der Waals surface area contributed by atoms with Gasteiger partial charge in [-0.1, -0.05) is 24.3 Å². The molecule has 6 heteroatoms. The number of para-hydroxylation sites is 1. The maximum Gasteiger partial charge on any atom is 0.279 e. The van der Waals surface area contributed by atoms with Crippen LogP contribution in [0.25, 0.3) is 0 Å². The van der Waals surface area contributed by atoms with Gasteiger partial charge in [-0.3, -0.25) is 9.59 Å². The molecule has 1 aliphatic carbocycles. The predicted molar refractivity (Wildman–Crippen MR) is 97.2 cm³/mol. The van der Waals surface area contributed by atoms with Crippen molar-refractivity contribution >= 4 is 17.5 Å². The lowest BCUT2D eigenvalue weighted by Crippen LogP contribution is -2.86. The van der Waals surface area contributed by atoms with Gasteiger partial charge in [-0.25, -0.2) is 4.39 Å². The molecule has 0 aromatic heterocycles. The number of amides is 2. The molecule has 5 nitrogen and oxygen atoms in total. The van der Waals surface area contributed by atoms with E-state index in [2.05, 4.69) is 10.6 Å². The first-order valence-electron chi connectivity index (χ1n) is 8.81. The second kappa shape index (κ2) is 8.10. The third-order valence-electron chi connectivity index (χ3n) is 4.41. The van der Waals surface area contributed by atoms with Crippen LogP contribution in [0.15, 0.2) is 48.5 Å². The van der Waals surface area contributed by atoms with Gasteiger partial charge in [-0.05, 0) is 44.0 Å². The normalized spacial score (nSPS) is 14.5. The SMILES string of the molecule is C[C@@H]([NH2+]CC(=O)Nc1ccccc1C(=O)NC1CC1)c1ccc(F)cc1. The molecule has 136 valence electrons. The van der Waals surface area contributed by atoms with Gasteiger partial charge in [0.1, 0.15) is 11.9 Å². The number of anilines is 1. The highest BCUT2D eigenvalue weighted by molar-refractivity contribution is 6.04. The molecule has 1 saturated carbocycles. The average Bonchev–Trinajstić information content (AvgIpc) is 3.44. The smallest absolute Gasteiger partial charge is 0.279 e. The second-order valence-electron chi connectivity index (χ2n) is 6.62. The Hall–Kier alpha value is -2.73. The Bertz CT molecular complexity index is 788.